The Balaban J connectivity index is 1.41. The third kappa shape index (κ3) is 3.58. The van der Waals surface area contributed by atoms with Crippen molar-refractivity contribution in [3.05, 3.63) is 35.9 Å². The minimum absolute atomic E-state index is 0.0695. The Morgan fingerprint density at radius 3 is 2.16 bits per heavy atom. The van der Waals surface area contributed by atoms with Crippen LogP contribution in [0.5, 0.6) is 0 Å². The molecular weight excluding hydrogens is 312 g/mol. The summed E-state index contributed by atoms with van der Waals surface area (Å²) in [7, 11) is 0. The van der Waals surface area contributed by atoms with E-state index in [-0.39, 0.29) is 17.9 Å². The normalized spacial score (nSPS) is 33.7. The average molecular weight is 340 g/mol. The van der Waals surface area contributed by atoms with Gasteiger partial charge in [-0.15, -0.1) is 0 Å². The summed E-state index contributed by atoms with van der Waals surface area (Å²) in [5.41, 5.74) is 0.984. The van der Waals surface area contributed by atoms with Crippen LogP contribution in [0, 0.1) is 23.7 Å². The van der Waals surface area contributed by atoms with Gasteiger partial charge in [-0.25, -0.2) is 0 Å². The van der Waals surface area contributed by atoms with E-state index in [0.717, 1.165) is 17.4 Å². The molecule has 0 unspecified atom stereocenters. The summed E-state index contributed by atoms with van der Waals surface area (Å²) in [6, 6.07) is 9.88. The second kappa shape index (κ2) is 6.81. The lowest BCUT2D eigenvalue weighted by Gasteiger charge is -2.54. The van der Waals surface area contributed by atoms with Crippen molar-refractivity contribution >= 4 is 11.8 Å². The highest BCUT2D eigenvalue weighted by molar-refractivity contribution is 5.79. The Hall–Kier alpha value is -1.84. The van der Waals surface area contributed by atoms with Crippen molar-refractivity contribution in [3.8, 4) is 0 Å². The quantitative estimate of drug-likeness (QED) is 0.865. The number of amides is 2. The summed E-state index contributed by atoms with van der Waals surface area (Å²) in [5.74, 6) is 3.14. The lowest BCUT2D eigenvalue weighted by Crippen LogP contribution is -2.56. The van der Waals surface area contributed by atoms with E-state index in [0.29, 0.717) is 24.3 Å². The number of nitrogens with one attached hydrogen (secondary N) is 2. The van der Waals surface area contributed by atoms with Crippen molar-refractivity contribution in [2.75, 3.05) is 0 Å². The SMILES string of the molecule is CC(=O)N[C@H](CC(=O)NC1C2CC3CC(C2)CC1C3)c1ccccc1. The first-order chi connectivity index (χ1) is 12.1. The Morgan fingerprint density at radius 1 is 1.00 bits per heavy atom. The topological polar surface area (TPSA) is 58.2 Å². The van der Waals surface area contributed by atoms with Gasteiger partial charge in [0.05, 0.1) is 12.5 Å². The minimum Gasteiger partial charge on any atom is -0.353 e. The molecule has 0 aromatic heterocycles. The van der Waals surface area contributed by atoms with Crippen molar-refractivity contribution in [1.29, 1.82) is 0 Å². The second-order valence-corrected chi connectivity index (χ2v) is 8.39. The van der Waals surface area contributed by atoms with Crippen LogP contribution in [0.1, 0.15) is 57.1 Å². The van der Waals surface area contributed by atoms with E-state index < -0.39 is 0 Å². The number of carbonyl (C=O) groups excluding carboxylic acids is 2. The zero-order valence-corrected chi connectivity index (χ0v) is 14.9. The lowest BCUT2D eigenvalue weighted by molar-refractivity contribution is -0.126. The molecule has 4 fully saturated rings. The lowest BCUT2D eigenvalue weighted by atomic mass is 9.54. The van der Waals surface area contributed by atoms with Gasteiger partial charge in [0.25, 0.3) is 0 Å². The molecule has 134 valence electrons. The van der Waals surface area contributed by atoms with Crippen LogP contribution in [0.15, 0.2) is 30.3 Å². The molecule has 1 aromatic carbocycles. The molecule has 25 heavy (non-hydrogen) atoms. The summed E-state index contributed by atoms with van der Waals surface area (Å²) in [6.07, 6.45) is 6.92. The van der Waals surface area contributed by atoms with E-state index in [4.69, 9.17) is 0 Å². The first-order valence-electron chi connectivity index (χ1n) is 9.70. The Morgan fingerprint density at radius 2 is 1.60 bits per heavy atom. The molecule has 4 aliphatic carbocycles. The highest BCUT2D eigenvalue weighted by Gasteiger charge is 2.48. The molecule has 4 saturated carbocycles. The Labute approximate surface area is 149 Å². The average Bonchev–Trinajstić information content (AvgIpc) is 2.57. The number of benzene rings is 1. The number of hydrogen-bond acceptors (Lipinski definition) is 2. The van der Waals surface area contributed by atoms with E-state index >= 15 is 0 Å². The number of hydrogen-bond donors (Lipinski definition) is 2. The predicted octanol–water partition coefficient (Wildman–Crippen LogP) is 3.19. The molecule has 0 radical (unpaired) electrons. The maximum absolute atomic E-state index is 12.7. The highest BCUT2D eigenvalue weighted by Crippen LogP contribution is 2.53. The predicted molar refractivity (Wildman–Crippen MR) is 96.6 cm³/mol. The molecule has 5 rings (SSSR count). The Bertz CT molecular complexity index is 615. The van der Waals surface area contributed by atoms with Gasteiger partial charge in [-0.05, 0) is 61.3 Å². The largest absolute Gasteiger partial charge is 0.353 e. The molecule has 2 amide bonds. The molecule has 0 heterocycles. The van der Waals surface area contributed by atoms with Gasteiger partial charge in [-0.1, -0.05) is 30.3 Å². The molecule has 0 saturated heterocycles. The third-order valence-electron chi connectivity index (χ3n) is 6.52. The fraction of sp³-hybridized carbons (Fsp3) is 0.619. The van der Waals surface area contributed by atoms with Crippen LogP contribution in [-0.4, -0.2) is 17.9 Å². The molecule has 4 bridgehead atoms. The van der Waals surface area contributed by atoms with Gasteiger partial charge in [0.1, 0.15) is 0 Å². The molecule has 4 heteroatoms. The van der Waals surface area contributed by atoms with Crippen LogP contribution < -0.4 is 10.6 Å². The van der Waals surface area contributed by atoms with Crippen LogP contribution in [0.4, 0.5) is 0 Å². The number of carbonyl (C=O) groups is 2. The van der Waals surface area contributed by atoms with Crippen molar-refractivity contribution < 1.29 is 9.59 Å². The first-order valence-corrected chi connectivity index (χ1v) is 9.70. The fourth-order valence-electron chi connectivity index (χ4n) is 5.77. The second-order valence-electron chi connectivity index (χ2n) is 8.39. The van der Waals surface area contributed by atoms with Gasteiger partial charge in [0, 0.05) is 13.0 Å². The van der Waals surface area contributed by atoms with Gasteiger partial charge in [-0.3, -0.25) is 9.59 Å². The van der Waals surface area contributed by atoms with E-state index in [2.05, 4.69) is 10.6 Å². The van der Waals surface area contributed by atoms with Crippen LogP contribution in [-0.2, 0) is 9.59 Å². The van der Waals surface area contributed by atoms with Gasteiger partial charge in [-0.2, -0.15) is 0 Å². The third-order valence-corrected chi connectivity index (χ3v) is 6.52. The zero-order valence-electron chi connectivity index (χ0n) is 14.9. The van der Waals surface area contributed by atoms with E-state index in [1.54, 1.807) is 0 Å². The van der Waals surface area contributed by atoms with E-state index in [1.165, 1.54) is 39.0 Å². The maximum Gasteiger partial charge on any atom is 0.222 e. The summed E-state index contributed by atoms with van der Waals surface area (Å²) in [4.78, 5) is 24.3. The van der Waals surface area contributed by atoms with Crippen molar-refractivity contribution in [3.63, 3.8) is 0 Å². The van der Waals surface area contributed by atoms with Crippen molar-refractivity contribution in [2.45, 2.75) is 57.5 Å². The molecule has 1 atom stereocenters. The van der Waals surface area contributed by atoms with Crippen molar-refractivity contribution in [2.24, 2.45) is 23.7 Å². The van der Waals surface area contributed by atoms with E-state index in [9.17, 15) is 9.59 Å². The monoisotopic (exact) mass is 340 g/mol. The van der Waals surface area contributed by atoms with Gasteiger partial charge >= 0.3 is 0 Å². The zero-order chi connectivity index (χ0) is 17.4. The molecule has 4 aliphatic rings. The van der Waals surface area contributed by atoms with Crippen LogP contribution in [0.3, 0.4) is 0 Å². The number of rotatable bonds is 5. The van der Waals surface area contributed by atoms with Crippen LogP contribution in [0.2, 0.25) is 0 Å². The smallest absolute Gasteiger partial charge is 0.222 e. The van der Waals surface area contributed by atoms with Gasteiger partial charge in [0.2, 0.25) is 11.8 Å². The van der Waals surface area contributed by atoms with Crippen LogP contribution in [0.25, 0.3) is 0 Å². The summed E-state index contributed by atoms with van der Waals surface area (Å²) in [5, 5.41) is 6.27. The molecule has 2 N–H and O–H groups in total. The highest BCUT2D eigenvalue weighted by atomic mass is 16.2. The molecule has 4 nitrogen and oxygen atoms in total. The summed E-state index contributed by atoms with van der Waals surface area (Å²) >= 11 is 0. The molecular formula is C21H28N2O2. The first kappa shape index (κ1) is 16.6. The standard InChI is InChI=1S/C21H28N2O2/c1-13(24)22-19(16-5-3-2-4-6-16)12-20(25)23-21-17-8-14-7-15(10-17)11-18(21)9-14/h2-6,14-15,17-19,21H,7-12H2,1H3,(H,22,24)(H,23,25)/t14?,15?,17?,18?,19-,21?/m1/s1. The summed E-state index contributed by atoms with van der Waals surface area (Å²) in [6.45, 7) is 1.51. The van der Waals surface area contributed by atoms with Gasteiger partial charge < -0.3 is 10.6 Å². The fourth-order valence-corrected chi connectivity index (χ4v) is 5.77. The minimum atomic E-state index is -0.254. The maximum atomic E-state index is 12.7. The van der Waals surface area contributed by atoms with Crippen LogP contribution >= 0.6 is 0 Å². The molecule has 0 spiro atoms. The summed E-state index contributed by atoms with van der Waals surface area (Å²) < 4.78 is 0. The molecule has 1 aromatic rings. The molecule has 0 aliphatic heterocycles. The Kier molecular flexibility index (Phi) is 4.53. The van der Waals surface area contributed by atoms with Gasteiger partial charge in [0.15, 0.2) is 0 Å². The van der Waals surface area contributed by atoms with Crippen molar-refractivity contribution in [1.82, 2.24) is 10.6 Å². The van der Waals surface area contributed by atoms with E-state index in [1.807, 2.05) is 30.3 Å².